The first kappa shape index (κ1) is 16.1. The Morgan fingerprint density at radius 3 is 2.00 bits per heavy atom. The number of nitrogens with one attached hydrogen (secondary N) is 1. The molecule has 0 aliphatic heterocycles. The van der Waals surface area contributed by atoms with E-state index in [9.17, 15) is 0 Å². The average molecular weight is 299 g/mol. The fourth-order valence-electron chi connectivity index (χ4n) is 2.27. The van der Waals surface area contributed by atoms with Crippen LogP contribution < -0.4 is 5.32 Å². The summed E-state index contributed by atoms with van der Waals surface area (Å²) >= 11 is 1.91. The number of hydrogen-bond donors (Lipinski definition) is 1. The Labute approximate surface area is 133 Å². The molecule has 2 aromatic carbocycles. The smallest absolute Gasteiger partial charge is 0.0412 e. The van der Waals surface area contributed by atoms with Crippen molar-refractivity contribution >= 4 is 11.8 Å². The summed E-state index contributed by atoms with van der Waals surface area (Å²) < 4.78 is 0. The summed E-state index contributed by atoms with van der Waals surface area (Å²) in [6.45, 7) is 6.59. The standard InChI is InChI=1S/C19H25NS/c1-14(2)16-9-11-18(12-10-16)21-13-19(20-4)17-7-5-15(3)6-8-17/h5-12,14,19-20H,13H2,1-4H3. The summed E-state index contributed by atoms with van der Waals surface area (Å²) in [6, 6.07) is 18.2. The number of aryl methyl sites for hydroxylation is 1. The van der Waals surface area contributed by atoms with Crippen molar-refractivity contribution in [1.82, 2.24) is 5.32 Å². The van der Waals surface area contributed by atoms with Crippen molar-refractivity contribution in [3.05, 3.63) is 65.2 Å². The van der Waals surface area contributed by atoms with E-state index in [1.54, 1.807) is 0 Å². The fraction of sp³-hybridized carbons (Fsp3) is 0.368. The highest BCUT2D eigenvalue weighted by atomic mass is 32.2. The molecule has 21 heavy (non-hydrogen) atoms. The maximum atomic E-state index is 3.42. The van der Waals surface area contributed by atoms with Gasteiger partial charge in [-0.1, -0.05) is 55.8 Å². The van der Waals surface area contributed by atoms with Crippen LogP contribution in [0.2, 0.25) is 0 Å². The van der Waals surface area contributed by atoms with Gasteiger partial charge < -0.3 is 5.32 Å². The third-order valence-corrected chi connectivity index (χ3v) is 4.90. The molecule has 0 saturated carbocycles. The summed E-state index contributed by atoms with van der Waals surface area (Å²) in [7, 11) is 2.03. The normalized spacial score (nSPS) is 12.6. The van der Waals surface area contributed by atoms with Gasteiger partial charge in [0.25, 0.3) is 0 Å². The van der Waals surface area contributed by atoms with E-state index in [4.69, 9.17) is 0 Å². The lowest BCUT2D eigenvalue weighted by Gasteiger charge is -2.17. The molecule has 2 heteroatoms. The fourth-order valence-corrected chi connectivity index (χ4v) is 3.32. The molecule has 0 amide bonds. The lowest BCUT2D eigenvalue weighted by Crippen LogP contribution is -2.18. The molecule has 0 radical (unpaired) electrons. The van der Waals surface area contributed by atoms with Crippen LogP contribution in [0.1, 0.15) is 42.5 Å². The van der Waals surface area contributed by atoms with Gasteiger partial charge in [-0.15, -0.1) is 11.8 Å². The zero-order valence-corrected chi connectivity index (χ0v) is 14.2. The molecule has 0 aromatic heterocycles. The maximum absolute atomic E-state index is 3.42. The first-order valence-electron chi connectivity index (χ1n) is 7.56. The number of benzene rings is 2. The SMILES string of the molecule is CNC(CSc1ccc(C(C)C)cc1)c1ccc(C)cc1. The quantitative estimate of drug-likeness (QED) is 0.738. The number of rotatable bonds is 6. The van der Waals surface area contributed by atoms with Gasteiger partial charge in [-0.2, -0.15) is 0 Å². The third-order valence-electron chi connectivity index (χ3n) is 3.79. The largest absolute Gasteiger partial charge is 0.312 e. The minimum Gasteiger partial charge on any atom is -0.312 e. The first-order valence-corrected chi connectivity index (χ1v) is 8.55. The molecule has 1 unspecified atom stereocenters. The molecule has 0 fully saturated rings. The Hall–Kier alpha value is -1.25. The minimum absolute atomic E-state index is 0.389. The van der Waals surface area contributed by atoms with Crippen LogP contribution >= 0.6 is 11.8 Å². The van der Waals surface area contributed by atoms with Crippen molar-refractivity contribution in [2.45, 2.75) is 37.6 Å². The molecule has 0 aliphatic carbocycles. The van der Waals surface area contributed by atoms with E-state index in [-0.39, 0.29) is 0 Å². The van der Waals surface area contributed by atoms with E-state index in [0.29, 0.717) is 12.0 Å². The monoisotopic (exact) mass is 299 g/mol. The molecule has 1 N–H and O–H groups in total. The third kappa shape index (κ3) is 4.62. The summed E-state index contributed by atoms with van der Waals surface area (Å²) in [6.07, 6.45) is 0. The first-order chi connectivity index (χ1) is 10.1. The highest BCUT2D eigenvalue weighted by Gasteiger charge is 2.09. The van der Waals surface area contributed by atoms with E-state index in [1.165, 1.54) is 21.6 Å². The van der Waals surface area contributed by atoms with Crippen LogP contribution in [-0.4, -0.2) is 12.8 Å². The van der Waals surface area contributed by atoms with Crippen molar-refractivity contribution in [1.29, 1.82) is 0 Å². The molecule has 0 aliphatic rings. The zero-order chi connectivity index (χ0) is 15.2. The number of hydrogen-bond acceptors (Lipinski definition) is 2. The van der Waals surface area contributed by atoms with Gasteiger partial charge in [-0.25, -0.2) is 0 Å². The topological polar surface area (TPSA) is 12.0 Å². The van der Waals surface area contributed by atoms with Gasteiger partial charge in [-0.3, -0.25) is 0 Å². The van der Waals surface area contributed by atoms with Crippen molar-refractivity contribution in [2.24, 2.45) is 0 Å². The van der Waals surface area contributed by atoms with E-state index in [0.717, 1.165) is 5.75 Å². The summed E-state index contributed by atoms with van der Waals surface area (Å²) in [5.74, 6) is 1.64. The summed E-state index contributed by atoms with van der Waals surface area (Å²) in [4.78, 5) is 1.34. The van der Waals surface area contributed by atoms with Gasteiger partial charge in [-0.05, 0) is 43.1 Å². The Bertz CT molecular complexity index is 543. The molecular formula is C19H25NS. The zero-order valence-electron chi connectivity index (χ0n) is 13.4. The molecule has 0 bridgehead atoms. The van der Waals surface area contributed by atoms with Gasteiger partial charge in [0.1, 0.15) is 0 Å². The minimum atomic E-state index is 0.389. The van der Waals surface area contributed by atoms with E-state index in [2.05, 4.69) is 74.6 Å². The lowest BCUT2D eigenvalue weighted by atomic mass is 10.0. The van der Waals surface area contributed by atoms with Crippen LogP contribution in [0.5, 0.6) is 0 Å². The Morgan fingerprint density at radius 2 is 1.48 bits per heavy atom. The van der Waals surface area contributed by atoms with Gasteiger partial charge >= 0.3 is 0 Å². The average Bonchev–Trinajstić information content (AvgIpc) is 2.50. The van der Waals surface area contributed by atoms with Crippen LogP contribution in [-0.2, 0) is 0 Å². The maximum Gasteiger partial charge on any atom is 0.0412 e. The van der Waals surface area contributed by atoms with Crippen LogP contribution in [0.3, 0.4) is 0 Å². The second kappa shape index (κ2) is 7.67. The van der Waals surface area contributed by atoms with Crippen LogP contribution in [0.4, 0.5) is 0 Å². The summed E-state index contributed by atoms with van der Waals surface area (Å²) in [5.41, 5.74) is 4.07. The molecule has 0 saturated heterocycles. The Kier molecular flexibility index (Phi) is 5.89. The molecule has 2 rings (SSSR count). The summed E-state index contributed by atoms with van der Waals surface area (Å²) in [5, 5.41) is 3.42. The predicted octanol–water partition coefficient (Wildman–Crippen LogP) is 5.17. The van der Waals surface area contributed by atoms with Crippen molar-refractivity contribution in [3.8, 4) is 0 Å². The predicted molar refractivity (Wildman–Crippen MR) is 94.2 cm³/mol. The molecular weight excluding hydrogens is 274 g/mol. The van der Waals surface area contributed by atoms with Gasteiger partial charge in [0.15, 0.2) is 0 Å². The van der Waals surface area contributed by atoms with Crippen LogP contribution in [0, 0.1) is 6.92 Å². The van der Waals surface area contributed by atoms with Gasteiger partial charge in [0.2, 0.25) is 0 Å². The molecule has 2 aromatic rings. The second-order valence-electron chi connectivity index (χ2n) is 5.79. The van der Waals surface area contributed by atoms with Crippen molar-refractivity contribution in [3.63, 3.8) is 0 Å². The molecule has 1 atom stereocenters. The molecule has 0 spiro atoms. The number of thioether (sulfide) groups is 1. The van der Waals surface area contributed by atoms with E-state index >= 15 is 0 Å². The highest BCUT2D eigenvalue weighted by Crippen LogP contribution is 2.26. The van der Waals surface area contributed by atoms with E-state index < -0.39 is 0 Å². The Balaban J connectivity index is 1.98. The van der Waals surface area contributed by atoms with Crippen molar-refractivity contribution < 1.29 is 0 Å². The lowest BCUT2D eigenvalue weighted by molar-refractivity contribution is 0.661. The van der Waals surface area contributed by atoms with Gasteiger partial charge in [0.05, 0.1) is 0 Å². The Morgan fingerprint density at radius 1 is 0.905 bits per heavy atom. The van der Waals surface area contributed by atoms with Crippen LogP contribution in [0.25, 0.3) is 0 Å². The van der Waals surface area contributed by atoms with Gasteiger partial charge in [0, 0.05) is 16.7 Å². The molecule has 0 heterocycles. The molecule has 1 nitrogen and oxygen atoms in total. The van der Waals surface area contributed by atoms with Crippen LogP contribution in [0.15, 0.2) is 53.4 Å². The molecule has 112 valence electrons. The van der Waals surface area contributed by atoms with E-state index in [1.807, 2.05) is 18.8 Å². The second-order valence-corrected chi connectivity index (χ2v) is 6.88. The van der Waals surface area contributed by atoms with Crippen molar-refractivity contribution in [2.75, 3.05) is 12.8 Å². The highest BCUT2D eigenvalue weighted by molar-refractivity contribution is 7.99.